The van der Waals surface area contributed by atoms with E-state index in [1.54, 1.807) is 0 Å². The third-order valence-electron chi connectivity index (χ3n) is 10.7. The lowest BCUT2D eigenvalue weighted by atomic mass is 9.43. The molecule has 0 spiro atoms. The topological polar surface area (TPSA) is 113 Å². The normalized spacial score (nSPS) is 46.1. The maximum atomic E-state index is 12.0. The summed E-state index contributed by atoms with van der Waals surface area (Å²) >= 11 is 0. The maximum Gasteiger partial charge on any atom is 0.469 e. The number of ether oxygens (including phenoxy) is 1. The number of fused-ring (bicyclic) bond motifs is 5. The van der Waals surface area contributed by atoms with Gasteiger partial charge in [-0.1, -0.05) is 20.8 Å². The van der Waals surface area contributed by atoms with Crippen LogP contribution in [0.2, 0.25) is 0 Å². The Morgan fingerprint density at radius 3 is 2.39 bits per heavy atom. The molecule has 4 fully saturated rings. The van der Waals surface area contributed by atoms with Gasteiger partial charge in [0, 0.05) is 6.42 Å². The van der Waals surface area contributed by atoms with Crippen LogP contribution in [-0.2, 0) is 18.6 Å². The van der Waals surface area contributed by atoms with Crippen molar-refractivity contribution in [2.75, 3.05) is 7.11 Å². The molecule has 0 saturated heterocycles. The molecule has 0 unspecified atom stereocenters. The fourth-order valence-electron chi connectivity index (χ4n) is 9.08. The van der Waals surface area contributed by atoms with Crippen molar-refractivity contribution in [3.63, 3.8) is 0 Å². The second-order valence-electron chi connectivity index (χ2n) is 12.1. The van der Waals surface area contributed by atoms with E-state index in [1.165, 1.54) is 7.11 Å². The first kappa shape index (κ1) is 25.6. The number of aliphatic hydroxyl groups is 1. The van der Waals surface area contributed by atoms with Gasteiger partial charge in [-0.25, -0.2) is 4.57 Å². The van der Waals surface area contributed by atoms with Crippen LogP contribution < -0.4 is 0 Å². The first-order valence-corrected chi connectivity index (χ1v) is 14.4. The molecule has 8 heteroatoms. The molecule has 4 aliphatic rings. The Hall–Kier alpha value is -0.460. The largest absolute Gasteiger partial charge is 0.469 e. The van der Waals surface area contributed by atoms with Crippen LogP contribution in [0.15, 0.2) is 0 Å². The van der Waals surface area contributed by atoms with E-state index in [2.05, 4.69) is 20.8 Å². The van der Waals surface area contributed by atoms with Crippen LogP contribution in [0.25, 0.3) is 0 Å². The number of aliphatic hydroxyl groups excluding tert-OH is 1. The molecule has 7 nitrogen and oxygen atoms in total. The lowest BCUT2D eigenvalue weighted by molar-refractivity contribution is -0.171. The van der Waals surface area contributed by atoms with Gasteiger partial charge in [0.2, 0.25) is 0 Å². The molecule has 33 heavy (non-hydrogen) atoms. The van der Waals surface area contributed by atoms with Crippen LogP contribution in [0, 0.1) is 46.3 Å². The first-order valence-electron chi connectivity index (χ1n) is 12.9. The van der Waals surface area contributed by atoms with Gasteiger partial charge in [-0.05, 0) is 104 Å². The smallest absolute Gasteiger partial charge is 0.469 e. The highest BCUT2D eigenvalue weighted by Crippen LogP contribution is 2.69. The Morgan fingerprint density at radius 1 is 1.06 bits per heavy atom. The van der Waals surface area contributed by atoms with Gasteiger partial charge >= 0.3 is 13.8 Å². The fraction of sp³-hybridized carbons (Fsp3) is 0.960. The summed E-state index contributed by atoms with van der Waals surface area (Å²) in [6, 6.07) is 0. The molecule has 0 heterocycles. The van der Waals surface area contributed by atoms with Gasteiger partial charge in [0.05, 0.1) is 19.3 Å². The van der Waals surface area contributed by atoms with Gasteiger partial charge in [-0.3, -0.25) is 9.32 Å². The van der Waals surface area contributed by atoms with Crippen molar-refractivity contribution in [1.82, 2.24) is 0 Å². The molecule has 0 aromatic heterocycles. The molecule has 190 valence electrons. The number of esters is 1. The summed E-state index contributed by atoms with van der Waals surface area (Å²) < 4.78 is 22.4. The third-order valence-corrected chi connectivity index (χ3v) is 11.2. The number of hydrogen-bond acceptors (Lipinski definition) is 5. The second-order valence-corrected chi connectivity index (χ2v) is 13.3. The minimum absolute atomic E-state index is 0.0879. The summed E-state index contributed by atoms with van der Waals surface area (Å²) in [7, 11) is -3.18. The second kappa shape index (κ2) is 9.20. The highest BCUT2D eigenvalue weighted by atomic mass is 31.2. The van der Waals surface area contributed by atoms with E-state index in [9.17, 15) is 24.3 Å². The summed E-state index contributed by atoms with van der Waals surface area (Å²) in [5.41, 5.74) is 0.180. The van der Waals surface area contributed by atoms with Gasteiger partial charge in [-0.2, -0.15) is 0 Å². The number of rotatable bonds is 6. The predicted octanol–water partition coefficient (Wildman–Crippen LogP) is 4.68. The minimum atomic E-state index is -4.61. The third kappa shape index (κ3) is 4.70. The quantitative estimate of drug-likeness (QED) is 0.369. The van der Waals surface area contributed by atoms with Crippen LogP contribution in [0.3, 0.4) is 0 Å². The lowest BCUT2D eigenvalue weighted by Crippen LogP contribution is -2.59. The van der Waals surface area contributed by atoms with Crippen molar-refractivity contribution in [2.24, 2.45) is 46.3 Å². The number of hydrogen-bond donors (Lipinski definition) is 3. The van der Waals surface area contributed by atoms with E-state index in [-0.39, 0.29) is 34.7 Å². The summed E-state index contributed by atoms with van der Waals surface area (Å²) in [5.74, 6) is 1.82. The number of phosphoric ester groups is 1. The highest BCUT2D eigenvalue weighted by molar-refractivity contribution is 7.46. The van der Waals surface area contributed by atoms with Crippen molar-refractivity contribution in [3.05, 3.63) is 0 Å². The van der Waals surface area contributed by atoms with E-state index in [1.807, 2.05) is 0 Å². The van der Waals surface area contributed by atoms with E-state index in [0.717, 1.165) is 44.9 Å². The Balaban J connectivity index is 1.61. The average molecular weight is 487 g/mol. The number of phosphoric acid groups is 1. The van der Waals surface area contributed by atoms with Crippen LogP contribution in [0.1, 0.15) is 85.0 Å². The van der Waals surface area contributed by atoms with Crippen LogP contribution in [0.5, 0.6) is 0 Å². The van der Waals surface area contributed by atoms with Gasteiger partial charge in [-0.15, -0.1) is 0 Å². The molecule has 0 aliphatic heterocycles. The summed E-state index contributed by atoms with van der Waals surface area (Å²) in [6.45, 7) is 6.99. The van der Waals surface area contributed by atoms with Crippen molar-refractivity contribution < 1.29 is 33.5 Å². The average Bonchev–Trinajstić information content (AvgIpc) is 3.09. The molecule has 4 aliphatic carbocycles. The zero-order valence-corrected chi connectivity index (χ0v) is 21.5. The predicted molar refractivity (Wildman–Crippen MR) is 124 cm³/mol. The zero-order chi connectivity index (χ0) is 24.2. The number of methoxy groups -OCH3 is 1. The van der Waals surface area contributed by atoms with Crippen molar-refractivity contribution >= 4 is 13.8 Å². The van der Waals surface area contributed by atoms with Crippen LogP contribution in [0.4, 0.5) is 0 Å². The maximum absolute atomic E-state index is 12.0. The Bertz CT molecular complexity index is 783. The van der Waals surface area contributed by atoms with Crippen LogP contribution >= 0.6 is 7.82 Å². The Labute approximate surface area is 198 Å². The molecule has 0 aromatic carbocycles. The highest BCUT2D eigenvalue weighted by Gasteiger charge is 2.63. The van der Waals surface area contributed by atoms with Gasteiger partial charge < -0.3 is 19.6 Å². The van der Waals surface area contributed by atoms with E-state index < -0.39 is 13.9 Å². The van der Waals surface area contributed by atoms with E-state index in [4.69, 9.17) is 9.26 Å². The molecule has 0 amide bonds. The molecular weight excluding hydrogens is 443 g/mol. The van der Waals surface area contributed by atoms with E-state index in [0.29, 0.717) is 42.9 Å². The van der Waals surface area contributed by atoms with Gasteiger partial charge in [0.25, 0.3) is 0 Å². The number of carbonyl (C=O) groups excluding carboxylic acids is 1. The summed E-state index contributed by atoms with van der Waals surface area (Å²) in [5, 5.41) is 10.3. The Kier molecular flexibility index (Phi) is 7.15. The molecule has 0 radical (unpaired) electrons. The standard InChI is InChI=1S/C25H43O7P/c1-15(5-8-22(27)31-4)18-6-7-19-23-20(10-12-25(18,19)3)24(2)11-9-17(26)13-16(24)14-21(23)32-33(28,29)30/h15-21,23,26H,5-14H2,1-4H3,(H2,28,29,30)/t15-,16+,17-,18-,19+,20+,21-,23+,24+,25-/m1/s1. The van der Waals surface area contributed by atoms with Crippen molar-refractivity contribution in [2.45, 2.75) is 97.2 Å². The van der Waals surface area contributed by atoms with Crippen molar-refractivity contribution in [1.29, 1.82) is 0 Å². The van der Waals surface area contributed by atoms with E-state index >= 15 is 0 Å². The minimum Gasteiger partial charge on any atom is -0.469 e. The zero-order valence-electron chi connectivity index (χ0n) is 20.6. The first-order chi connectivity index (χ1) is 15.4. The SMILES string of the molecule is COC(=O)CC[C@@H](C)[C@H]1CC[C@H]2[C@@H]3[C@H](OP(=O)(O)O)C[C@@H]4C[C@H](O)CC[C@]4(C)[C@H]3CC[C@]12C. The molecule has 0 bridgehead atoms. The van der Waals surface area contributed by atoms with Crippen molar-refractivity contribution in [3.8, 4) is 0 Å². The number of carbonyl (C=O) groups is 1. The lowest BCUT2D eigenvalue weighted by Gasteiger charge is -2.63. The Morgan fingerprint density at radius 2 is 1.73 bits per heavy atom. The molecule has 4 saturated carbocycles. The van der Waals surface area contributed by atoms with Crippen LogP contribution in [-0.4, -0.2) is 40.2 Å². The summed E-state index contributed by atoms with van der Waals surface area (Å²) in [6.07, 6.45) is 7.88. The fourth-order valence-corrected chi connectivity index (χ4v) is 9.66. The molecule has 0 aromatic rings. The van der Waals surface area contributed by atoms with Gasteiger partial charge in [0.15, 0.2) is 0 Å². The molecule has 4 rings (SSSR count). The monoisotopic (exact) mass is 486 g/mol. The molecule has 10 atom stereocenters. The molecular formula is C25H43O7P. The molecule has 3 N–H and O–H groups in total. The van der Waals surface area contributed by atoms with Gasteiger partial charge in [0.1, 0.15) is 0 Å². The summed E-state index contributed by atoms with van der Waals surface area (Å²) in [4.78, 5) is 31.2.